The fourth-order valence-electron chi connectivity index (χ4n) is 2.13. The molecule has 0 radical (unpaired) electrons. The van der Waals surface area contributed by atoms with E-state index in [0.29, 0.717) is 11.3 Å². The summed E-state index contributed by atoms with van der Waals surface area (Å²) in [5.74, 6) is 0.328. The van der Waals surface area contributed by atoms with Crippen molar-refractivity contribution < 1.29 is 14.3 Å². The molecule has 20 heavy (non-hydrogen) atoms. The Hall–Kier alpha value is -2.01. The molecular formula is C14H15ClN2O3. The van der Waals surface area contributed by atoms with Gasteiger partial charge in [-0.05, 0) is 24.6 Å². The molecule has 1 atom stereocenters. The van der Waals surface area contributed by atoms with Gasteiger partial charge in [-0.15, -0.1) is 0 Å². The summed E-state index contributed by atoms with van der Waals surface area (Å²) in [6.45, 7) is 5.16. The number of rotatable bonds is 4. The van der Waals surface area contributed by atoms with Gasteiger partial charge in [0.1, 0.15) is 11.3 Å². The smallest absolute Gasteiger partial charge is 0.325 e. The topological polar surface area (TPSA) is 58.6 Å². The van der Waals surface area contributed by atoms with Crippen LogP contribution in [0.15, 0.2) is 35.9 Å². The summed E-state index contributed by atoms with van der Waals surface area (Å²) in [6, 6.07) is 6.49. The molecule has 1 aromatic carbocycles. The summed E-state index contributed by atoms with van der Waals surface area (Å²) in [5, 5.41) is 2.92. The highest BCUT2D eigenvalue weighted by atomic mass is 35.5. The van der Waals surface area contributed by atoms with Gasteiger partial charge in [-0.25, -0.2) is 4.79 Å². The number of hydrogen-bond acceptors (Lipinski definition) is 3. The average molecular weight is 295 g/mol. The van der Waals surface area contributed by atoms with Crippen LogP contribution in [0.5, 0.6) is 5.75 Å². The standard InChI is InChI=1S/C14H15ClN2O3/c1-9(15)8-17-12(18)14(2,16-13(17)19)10-4-6-11(20-3)7-5-10/h4-7H,1,8H2,2-3H3,(H,16,19)/t14-/m1/s1. The normalized spacial score (nSPS) is 21.9. The van der Waals surface area contributed by atoms with E-state index in [1.165, 1.54) is 0 Å². The first-order valence-electron chi connectivity index (χ1n) is 6.00. The fraction of sp³-hybridized carbons (Fsp3) is 0.286. The molecule has 1 aliphatic rings. The molecule has 6 heteroatoms. The van der Waals surface area contributed by atoms with E-state index in [4.69, 9.17) is 16.3 Å². The zero-order valence-electron chi connectivity index (χ0n) is 11.3. The molecule has 2 rings (SSSR count). The van der Waals surface area contributed by atoms with Gasteiger partial charge in [0.2, 0.25) is 0 Å². The highest BCUT2D eigenvalue weighted by Gasteiger charge is 2.48. The maximum atomic E-state index is 12.4. The largest absolute Gasteiger partial charge is 0.497 e. The fourth-order valence-corrected chi connectivity index (χ4v) is 2.25. The van der Waals surface area contributed by atoms with Crippen molar-refractivity contribution in [2.24, 2.45) is 0 Å². The second-order valence-corrected chi connectivity index (χ2v) is 5.23. The first-order chi connectivity index (χ1) is 9.38. The van der Waals surface area contributed by atoms with Crippen molar-refractivity contribution >= 4 is 23.5 Å². The Kier molecular flexibility index (Phi) is 3.72. The molecule has 0 aromatic heterocycles. The Balaban J connectivity index is 2.32. The molecule has 0 unspecified atom stereocenters. The number of urea groups is 1. The number of benzene rings is 1. The van der Waals surface area contributed by atoms with Crippen molar-refractivity contribution in [3.63, 3.8) is 0 Å². The number of halogens is 1. The lowest BCUT2D eigenvalue weighted by molar-refractivity contribution is -0.130. The quantitative estimate of drug-likeness (QED) is 0.866. The summed E-state index contributed by atoms with van der Waals surface area (Å²) >= 11 is 5.68. The highest BCUT2D eigenvalue weighted by molar-refractivity contribution is 6.30. The highest BCUT2D eigenvalue weighted by Crippen LogP contribution is 2.30. The maximum Gasteiger partial charge on any atom is 0.325 e. The minimum atomic E-state index is -1.10. The molecule has 0 bridgehead atoms. The van der Waals surface area contributed by atoms with Gasteiger partial charge in [-0.3, -0.25) is 9.69 Å². The molecule has 1 saturated heterocycles. The van der Waals surface area contributed by atoms with Gasteiger partial charge in [-0.1, -0.05) is 30.3 Å². The van der Waals surface area contributed by atoms with E-state index in [1.54, 1.807) is 38.3 Å². The number of hydrogen-bond donors (Lipinski definition) is 1. The van der Waals surface area contributed by atoms with Gasteiger partial charge < -0.3 is 10.1 Å². The van der Waals surface area contributed by atoms with E-state index in [9.17, 15) is 9.59 Å². The van der Waals surface area contributed by atoms with Crippen LogP contribution in [0, 0.1) is 0 Å². The van der Waals surface area contributed by atoms with Crippen LogP contribution in [0.1, 0.15) is 12.5 Å². The summed E-state index contributed by atoms with van der Waals surface area (Å²) < 4.78 is 5.07. The van der Waals surface area contributed by atoms with Crippen LogP contribution in [0.3, 0.4) is 0 Å². The lowest BCUT2D eigenvalue weighted by atomic mass is 9.92. The Morgan fingerprint density at radius 1 is 1.40 bits per heavy atom. The lowest BCUT2D eigenvalue weighted by Crippen LogP contribution is -2.41. The minimum absolute atomic E-state index is 0.00202. The van der Waals surface area contributed by atoms with E-state index in [2.05, 4.69) is 11.9 Å². The molecule has 0 spiro atoms. The van der Waals surface area contributed by atoms with Crippen LogP contribution >= 0.6 is 11.6 Å². The van der Waals surface area contributed by atoms with Crippen molar-refractivity contribution in [1.82, 2.24) is 10.2 Å². The van der Waals surface area contributed by atoms with Crippen LogP contribution in [0.25, 0.3) is 0 Å². The van der Waals surface area contributed by atoms with Crippen LogP contribution in [-0.4, -0.2) is 30.5 Å². The van der Waals surface area contributed by atoms with Crippen LogP contribution in [0.2, 0.25) is 0 Å². The monoisotopic (exact) mass is 294 g/mol. The van der Waals surface area contributed by atoms with E-state index >= 15 is 0 Å². The van der Waals surface area contributed by atoms with Crippen molar-refractivity contribution in [3.05, 3.63) is 41.4 Å². The zero-order valence-corrected chi connectivity index (χ0v) is 12.0. The number of ether oxygens (including phenoxy) is 1. The molecule has 5 nitrogen and oxygen atoms in total. The van der Waals surface area contributed by atoms with Crippen molar-refractivity contribution in [3.8, 4) is 5.75 Å². The summed E-state index contributed by atoms with van der Waals surface area (Å²) in [6.07, 6.45) is 0. The van der Waals surface area contributed by atoms with E-state index < -0.39 is 11.6 Å². The SMILES string of the molecule is C=C(Cl)CN1C(=O)N[C@](C)(c2ccc(OC)cc2)C1=O. The van der Waals surface area contributed by atoms with Crippen LogP contribution in [-0.2, 0) is 10.3 Å². The van der Waals surface area contributed by atoms with E-state index in [1.807, 2.05) is 0 Å². The number of carbonyl (C=O) groups excluding carboxylic acids is 2. The molecular weight excluding hydrogens is 280 g/mol. The molecule has 1 N–H and O–H groups in total. The van der Waals surface area contributed by atoms with Gasteiger partial charge in [0.25, 0.3) is 5.91 Å². The predicted octanol–water partition coefficient (Wildman–Crippen LogP) is 2.21. The molecule has 0 saturated carbocycles. The average Bonchev–Trinajstić information content (AvgIpc) is 2.63. The lowest BCUT2D eigenvalue weighted by Gasteiger charge is -2.22. The first kappa shape index (κ1) is 14.4. The molecule has 1 aliphatic heterocycles. The maximum absolute atomic E-state index is 12.4. The number of nitrogens with zero attached hydrogens (tertiary/aromatic N) is 1. The predicted molar refractivity (Wildman–Crippen MR) is 75.6 cm³/mol. The van der Waals surface area contributed by atoms with Crippen LogP contribution in [0.4, 0.5) is 4.79 Å². The Bertz CT molecular complexity index is 570. The Labute approximate surface area is 122 Å². The second-order valence-electron chi connectivity index (χ2n) is 4.69. The minimum Gasteiger partial charge on any atom is -0.497 e. The third kappa shape index (κ3) is 2.36. The van der Waals surface area contributed by atoms with Gasteiger partial charge >= 0.3 is 6.03 Å². The van der Waals surface area contributed by atoms with E-state index in [-0.39, 0.29) is 17.5 Å². The second kappa shape index (κ2) is 5.17. The summed E-state index contributed by atoms with van der Waals surface area (Å²) in [4.78, 5) is 25.4. The molecule has 1 heterocycles. The molecule has 0 aliphatic carbocycles. The van der Waals surface area contributed by atoms with Crippen molar-refractivity contribution in [2.45, 2.75) is 12.5 Å². The number of methoxy groups -OCH3 is 1. The zero-order chi connectivity index (χ0) is 14.9. The van der Waals surface area contributed by atoms with Gasteiger partial charge in [0, 0.05) is 5.03 Å². The summed E-state index contributed by atoms with van der Waals surface area (Å²) in [7, 11) is 1.56. The van der Waals surface area contributed by atoms with Crippen molar-refractivity contribution in [1.29, 1.82) is 0 Å². The van der Waals surface area contributed by atoms with Gasteiger partial charge in [0.05, 0.1) is 13.7 Å². The molecule has 1 aromatic rings. The number of amides is 3. The van der Waals surface area contributed by atoms with Crippen molar-refractivity contribution in [2.75, 3.05) is 13.7 Å². The Morgan fingerprint density at radius 3 is 2.50 bits per heavy atom. The molecule has 1 fully saturated rings. The van der Waals surface area contributed by atoms with E-state index in [0.717, 1.165) is 4.90 Å². The van der Waals surface area contributed by atoms with Gasteiger partial charge in [0.15, 0.2) is 0 Å². The molecule has 3 amide bonds. The number of carbonyl (C=O) groups is 2. The third-order valence-electron chi connectivity index (χ3n) is 3.27. The number of nitrogens with one attached hydrogen (secondary N) is 1. The van der Waals surface area contributed by atoms with Gasteiger partial charge in [-0.2, -0.15) is 0 Å². The van der Waals surface area contributed by atoms with Crippen LogP contribution < -0.4 is 10.1 Å². The summed E-state index contributed by atoms with van der Waals surface area (Å²) in [5.41, 5.74) is -0.422. The Morgan fingerprint density at radius 2 is 2.00 bits per heavy atom. The third-order valence-corrected chi connectivity index (χ3v) is 3.39. The number of imide groups is 1. The first-order valence-corrected chi connectivity index (χ1v) is 6.38. The molecule has 106 valence electrons.